The largest absolute Gasteiger partial charge is 0.451 e. The lowest BCUT2D eigenvalue weighted by Gasteiger charge is -2.02. The Morgan fingerprint density at radius 1 is 1.03 bits per heavy atom. The number of benzene rings is 2. The van der Waals surface area contributed by atoms with E-state index < -0.39 is 0 Å². The van der Waals surface area contributed by atoms with E-state index in [1.165, 1.54) is 11.3 Å². The molecule has 8 heteroatoms. The van der Waals surface area contributed by atoms with E-state index in [-0.39, 0.29) is 11.7 Å². The van der Waals surface area contributed by atoms with E-state index in [4.69, 9.17) is 39.2 Å². The fourth-order valence-electron chi connectivity index (χ4n) is 2.72. The summed E-state index contributed by atoms with van der Waals surface area (Å²) >= 11 is 19.7. The molecule has 4 nitrogen and oxygen atoms in total. The maximum Gasteiger partial charge on any atom is 0.293 e. The minimum absolute atomic E-state index is 0.178. The smallest absolute Gasteiger partial charge is 0.293 e. The molecule has 4 aromatic rings. The van der Waals surface area contributed by atoms with Crippen LogP contribution in [0.15, 0.2) is 65.2 Å². The molecule has 2 heterocycles. The Balaban J connectivity index is 1.45. The number of anilines is 1. The van der Waals surface area contributed by atoms with Gasteiger partial charge in [-0.05, 0) is 42.0 Å². The average molecular weight is 464 g/mol. The molecule has 4 rings (SSSR count). The van der Waals surface area contributed by atoms with Crippen LogP contribution in [0.25, 0.3) is 11.3 Å². The van der Waals surface area contributed by atoms with Gasteiger partial charge in [0, 0.05) is 33.1 Å². The highest BCUT2D eigenvalue weighted by atomic mass is 35.5. The number of hydrogen-bond donors (Lipinski definition) is 1. The Hall–Kier alpha value is -2.31. The molecule has 2 aromatic carbocycles. The molecule has 1 N–H and O–H groups in total. The predicted octanol–water partition coefficient (Wildman–Crippen LogP) is 7.21. The minimum atomic E-state index is -0.381. The lowest BCUT2D eigenvalue weighted by Crippen LogP contribution is -2.10. The van der Waals surface area contributed by atoms with Gasteiger partial charge in [-0.15, -0.1) is 11.3 Å². The van der Waals surface area contributed by atoms with Crippen molar-refractivity contribution in [3.8, 4) is 11.3 Å². The van der Waals surface area contributed by atoms with E-state index in [1.807, 2.05) is 24.3 Å². The molecular formula is C21H13Cl3N2O2S. The van der Waals surface area contributed by atoms with Gasteiger partial charge < -0.3 is 4.42 Å². The summed E-state index contributed by atoms with van der Waals surface area (Å²) in [6.45, 7) is 0. The van der Waals surface area contributed by atoms with Crippen molar-refractivity contribution in [1.82, 2.24) is 4.98 Å². The highest BCUT2D eigenvalue weighted by Gasteiger charge is 2.16. The van der Waals surface area contributed by atoms with Gasteiger partial charge in [-0.3, -0.25) is 10.1 Å². The zero-order chi connectivity index (χ0) is 20.4. The number of halogens is 3. The summed E-state index contributed by atoms with van der Waals surface area (Å²) < 4.78 is 5.66. The van der Waals surface area contributed by atoms with Crippen LogP contribution in [0.5, 0.6) is 0 Å². The zero-order valence-corrected chi connectivity index (χ0v) is 17.9. The number of amides is 1. The molecule has 1 amide bonds. The number of hydrogen-bond acceptors (Lipinski definition) is 4. The third-order valence-corrected chi connectivity index (χ3v) is 5.95. The van der Waals surface area contributed by atoms with Gasteiger partial charge in [0.05, 0.1) is 5.02 Å². The third-order valence-electron chi connectivity index (χ3n) is 4.12. The van der Waals surface area contributed by atoms with Crippen molar-refractivity contribution in [3.63, 3.8) is 0 Å². The van der Waals surface area contributed by atoms with Crippen molar-refractivity contribution in [3.05, 3.63) is 92.1 Å². The highest BCUT2D eigenvalue weighted by Crippen LogP contribution is 2.30. The monoisotopic (exact) mass is 462 g/mol. The fraction of sp³-hybridized carbons (Fsp3) is 0.0476. The van der Waals surface area contributed by atoms with Crippen LogP contribution < -0.4 is 5.32 Å². The molecule has 0 atom stereocenters. The van der Waals surface area contributed by atoms with Crippen molar-refractivity contribution < 1.29 is 9.21 Å². The van der Waals surface area contributed by atoms with Gasteiger partial charge in [0.1, 0.15) is 5.76 Å². The second-order valence-electron chi connectivity index (χ2n) is 6.14. The van der Waals surface area contributed by atoms with E-state index >= 15 is 0 Å². The van der Waals surface area contributed by atoms with E-state index in [0.717, 1.165) is 16.0 Å². The quantitative estimate of drug-likeness (QED) is 0.340. The van der Waals surface area contributed by atoms with Crippen LogP contribution in [-0.2, 0) is 6.42 Å². The standard InChI is InChI=1S/C21H13Cl3N2O2S/c22-13-6-5-12(17(24)10-13)9-14-11-25-21(29-14)26-20(27)19-8-7-18(28-19)15-3-1-2-4-16(15)23/h1-8,10-11H,9H2,(H,25,26,27). The fourth-order valence-corrected chi connectivity index (χ4v) is 4.26. The number of carbonyl (C=O) groups is 1. The van der Waals surface area contributed by atoms with Crippen LogP contribution in [0.2, 0.25) is 15.1 Å². The maximum absolute atomic E-state index is 12.5. The number of aromatic nitrogens is 1. The van der Waals surface area contributed by atoms with E-state index in [1.54, 1.807) is 36.5 Å². The Morgan fingerprint density at radius 2 is 1.86 bits per heavy atom. The van der Waals surface area contributed by atoms with Gasteiger partial charge in [-0.25, -0.2) is 4.98 Å². The average Bonchev–Trinajstić information content (AvgIpc) is 3.34. The number of nitrogens with zero attached hydrogens (tertiary/aromatic N) is 1. The predicted molar refractivity (Wildman–Crippen MR) is 118 cm³/mol. The lowest BCUT2D eigenvalue weighted by molar-refractivity contribution is 0.0997. The first-order valence-corrected chi connectivity index (χ1v) is 10.5. The van der Waals surface area contributed by atoms with Gasteiger partial charge in [0.2, 0.25) is 0 Å². The van der Waals surface area contributed by atoms with E-state index in [9.17, 15) is 4.79 Å². The lowest BCUT2D eigenvalue weighted by atomic mass is 10.1. The molecule has 0 saturated heterocycles. The summed E-state index contributed by atoms with van der Waals surface area (Å²) in [5, 5.41) is 4.97. The first-order chi connectivity index (χ1) is 14.0. The zero-order valence-electron chi connectivity index (χ0n) is 14.8. The summed E-state index contributed by atoms with van der Waals surface area (Å²) in [4.78, 5) is 17.7. The van der Waals surface area contributed by atoms with Crippen molar-refractivity contribution >= 4 is 57.2 Å². The highest BCUT2D eigenvalue weighted by molar-refractivity contribution is 7.15. The van der Waals surface area contributed by atoms with Gasteiger partial charge >= 0.3 is 0 Å². The van der Waals surface area contributed by atoms with Crippen molar-refractivity contribution in [1.29, 1.82) is 0 Å². The summed E-state index contributed by atoms with van der Waals surface area (Å²) in [5.41, 5.74) is 1.66. The summed E-state index contributed by atoms with van der Waals surface area (Å²) in [6, 6.07) is 16.0. The normalized spacial score (nSPS) is 10.9. The van der Waals surface area contributed by atoms with Gasteiger partial charge in [-0.1, -0.05) is 53.0 Å². The molecule has 2 aromatic heterocycles. The van der Waals surface area contributed by atoms with Crippen LogP contribution in [0.3, 0.4) is 0 Å². The Morgan fingerprint density at radius 3 is 2.66 bits per heavy atom. The molecule has 0 aliphatic rings. The summed E-state index contributed by atoms with van der Waals surface area (Å²) in [7, 11) is 0. The molecule has 29 heavy (non-hydrogen) atoms. The third kappa shape index (κ3) is 4.65. The molecule has 0 fully saturated rings. The SMILES string of the molecule is O=C(Nc1ncc(Cc2ccc(Cl)cc2Cl)s1)c1ccc(-c2ccccc2Cl)o1. The van der Waals surface area contributed by atoms with Crippen molar-refractivity contribution in [2.75, 3.05) is 5.32 Å². The van der Waals surface area contributed by atoms with Gasteiger partial charge in [0.25, 0.3) is 5.91 Å². The summed E-state index contributed by atoms with van der Waals surface area (Å²) in [6.07, 6.45) is 2.31. The number of furan rings is 1. The molecule has 0 radical (unpaired) electrons. The van der Waals surface area contributed by atoms with Crippen LogP contribution in [0, 0.1) is 0 Å². The first kappa shape index (κ1) is 20.0. The van der Waals surface area contributed by atoms with Crippen molar-refractivity contribution in [2.24, 2.45) is 0 Å². The molecule has 0 aliphatic heterocycles. The van der Waals surface area contributed by atoms with Crippen molar-refractivity contribution in [2.45, 2.75) is 6.42 Å². The number of rotatable bonds is 5. The molecule has 0 unspecified atom stereocenters. The van der Waals surface area contributed by atoms with E-state index in [2.05, 4.69) is 10.3 Å². The number of thiazole rings is 1. The molecule has 0 aliphatic carbocycles. The number of nitrogens with one attached hydrogen (secondary N) is 1. The van der Waals surface area contributed by atoms with Crippen LogP contribution in [-0.4, -0.2) is 10.9 Å². The molecule has 0 spiro atoms. The Kier molecular flexibility index (Phi) is 5.92. The van der Waals surface area contributed by atoms with Gasteiger partial charge in [0.15, 0.2) is 10.9 Å². The second-order valence-corrected chi connectivity index (χ2v) is 8.51. The maximum atomic E-state index is 12.5. The topological polar surface area (TPSA) is 55.1 Å². The first-order valence-electron chi connectivity index (χ1n) is 8.54. The van der Waals surface area contributed by atoms with Crippen LogP contribution in [0.1, 0.15) is 21.0 Å². The van der Waals surface area contributed by atoms with Gasteiger partial charge in [-0.2, -0.15) is 0 Å². The summed E-state index contributed by atoms with van der Waals surface area (Å²) in [5.74, 6) is 0.323. The van der Waals surface area contributed by atoms with Crippen LogP contribution >= 0.6 is 46.1 Å². The molecule has 0 saturated carbocycles. The Bertz CT molecular complexity index is 1190. The number of carbonyl (C=O) groups excluding carboxylic acids is 1. The minimum Gasteiger partial charge on any atom is -0.451 e. The molecule has 0 bridgehead atoms. The molecule has 146 valence electrons. The second kappa shape index (κ2) is 8.59. The van der Waals surface area contributed by atoms with Crippen LogP contribution in [0.4, 0.5) is 5.13 Å². The molecular weight excluding hydrogens is 451 g/mol. The van der Waals surface area contributed by atoms with E-state index in [0.29, 0.717) is 32.4 Å². The Labute approximate surface area is 186 Å².